The largest absolute Gasteiger partial charge is 0.394 e. The molecule has 7 heteroatoms. The van der Waals surface area contributed by atoms with E-state index in [1.165, 1.54) is 0 Å². The summed E-state index contributed by atoms with van der Waals surface area (Å²) in [7, 11) is 1.58. The van der Waals surface area contributed by atoms with E-state index in [2.05, 4.69) is 31.4 Å². The monoisotopic (exact) mass is 497 g/mol. The second kappa shape index (κ2) is 10.8. The first-order chi connectivity index (χ1) is 16.8. The number of carbonyl (C=O) groups excluding carboxylic acids is 3. The Bertz CT molecular complexity index is 982. The highest BCUT2D eigenvalue weighted by Gasteiger charge is 2.58. The number of likely N-dealkylation sites (tertiary alicyclic amines) is 1. The molecule has 1 fully saturated rings. The lowest BCUT2D eigenvalue weighted by Gasteiger charge is -2.38. The predicted octanol–water partition coefficient (Wildman–Crippen LogP) is 3.45. The van der Waals surface area contributed by atoms with Gasteiger partial charge in [-0.05, 0) is 43.6 Å². The van der Waals surface area contributed by atoms with E-state index in [9.17, 15) is 19.5 Å². The van der Waals surface area contributed by atoms with Crippen molar-refractivity contribution in [1.29, 1.82) is 0 Å². The van der Waals surface area contributed by atoms with E-state index in [4.69, 9.17) is 0 Å². The molecule has 3 N–H and O–H groups in total. The number of allylic oxidation sites excluding steroid dienone is 1. The van der Waals surface area contributed by atoms with Gasteiger partial charge in [-0.25, -0.2) is 0 Å². The van der Waals surface area contributed by atoms with Gasteiger partial charge in [0.2, 0.25) is 17.7 Å². The SMILES string of the molecule is CC[C@@H]1C=C[C@H]2[C@@H](C(=O)N([C@H](CO)c3ccccc3)[C@@H]2C(=O)NC(C)(C)CC(C)(C)C)[C@@H]1C(=O)NC. The summed E-state index contributed by atoms with van der Waals surface area (Å²) in [5, 5.41) is 16.4. The van der Waals surface area contributed by atoms with Gasteiger partial charge in [0, 0.05) is 18.5 Å². The van der Waals surface area contributed by atoms with Crippen molar-refractivity contribution in [2.45, 2.75) is 72.0 Å². The van der Waals surface area contributed by atoms with E-state index >= 15 is 0 Å². The molecule has 1 heterocycles. The van der Waals surface area contributed by atoms with Crippen LogP contribution in [0.4, 0.5) is 0 Å². The van der Waals surface area contributed by atoms with Gasteiger partial charge in [-0.1, -0.05) is 70.2 Å². The third-order valence-electron chi connectivity index (χ3n) is 7.46. The van der Waals surface area contributed by atoms with Crippen molar-refractivity contribution < 1.29 is 19.5 Å². The Morgan fingerprint density at radius 3 is 2.22 bits per heavy atom. The Kier molecular flexibility index (Phi) is 8.33. The standard InChI is InChI=1S/C29H43N3O4/c1-8-18-14-15-20-23(22(18)25(34)30-7)27(36)32(21(16-33)19-12-10-9-11-13-19)24(20)26(35)31-29(5,6)17-28(2,3)4/h9-15,18,20-24,33H,8,16-17H2,1-7H3,(H,30,34)(H,31,35)/t18-,20+,21-,22-,23-,24+/m1/s1. The lowest BCUT2D eigenvalue weighted by Crippen LogP contribution is -2.55. The molecular formula is C29H43N3O4. The summed E-state index contributed by atoms with van der Waals surface area (Å²) < 4.78 is 0. The summed E-state index contributed by atoms with van der Waals surface area (Å²) in [6.45, 7) is 12.0. The fraction of sp³-hybridized carbons (Fsp3) is 0.621. The number of aliphatic hydroxyl groups excluding tert-OH is 1. The molecule has 7 nitrogen and oxygen atoms in total. The van der Waals surface area contributed by atoms with Crippen LogP contribution >= 0.6 is 0 Å². The van der Waals surface area contributed by atoms with Crippen LogP contribution in [0.1, 0.15) is 66.0 Å². The zero-order valence-electron chi connectivity index (χ0n) is 22.7. The highest BCUT2D eigenvalue weighted by Crippen LogP contribution is 2.47. The van der Waals surface area contributed by atoms with Crippen molar-refractivity contribution >= 4 is 17.7 Å². The van der Waals surface area contributed by atoms with Gasteiger partial charge in [-0.3, -0.25) is 14.4 Å². The van der Waals surface area contributed by atoms with Crippen LogP contribution in [0, 0.1) is 29.1 Å². The minimum Gasteiger partial charge on any atom is -0.394 e. The van der Waals surface area contributed by atoms with Gasteiger partial charge in [0.15, 0.2) is 0 Å². The normalized spacial score (nSPS) is 26.9. The summed E-state index contributed by atoms with van der Waals surface area (Å²) in [6.07, 6.45) is 5.41. The van der Waals surface area contributed by atoms with E-state index < -0.39 is 35.4 Å². The summed E-state index contributed by atoms with van der Waals surface area (Å²) in [5.41, 5.74) is 0.242. The van der Waals surface area contributed by atoms with Gasteiger partial charge in [0.05, 0.1) is 24.5 Å². The lowest BCUT2D eigenvalue weighted by atomic mass is 9.68. The van der Waals surface area contributed by atoms with Crippen molar-refractivity contribution in [3.05, 3.63) is 48.0 Å². The minimum atomic E-state index is -0.833. The summed E-state index contributed by atoms with van der Waals surface area (Å²) in [6, 6.07) is 7.77. The number of hydrogen-bond donors (Lipinski definition) is 3. The maximum absolute atomic E-state index is 14.1. The molecule has 0 bridgehead atoms. The van der Waals surface area contributed by atoms with Crippen LogP contribution in [0.3, 0.4) is 0 Å². The van der Waals surface area contributed by atoms with Gasteiger partial charge in [0.25, 0.3) is 0 Å². The molecule has 1 aliphatic heterocycles. The van der Waals surface area contributed by atoms with E-state index in [1.54, 1.807) is 11.9 Å². The molecule has 1 aromatic rings. The van der Waals surface area contributed by atoms with Crippen molar-refractivity contribution in [2.75, 3.05) is 13.7 Å². The Morgan fingerprint density at radius 1 is 1.06 bits per heavy atom. The third-order valence-corrected chi connectivity index (χ3v) is 7.46. The zero-order valence-corrected chi connectivity index (χ0v) is 22.7. The smallest absolute Gasteiger partial charge is 0.243 e. The zero-order chi connectivity index (χ0) is 26.8. The van der Waals surface area contributed by atoms with Gasteiger partial charge < -0.3 is 20.6 Å². The molecule has 1 aromatic carbocycles. The fourth-order valence-corrected chi connectivity index (χ4v) is 6.50. The first-order valence-corrected chi connectivity index (χ1v) is 13.0. The number of hydrogen-bond acceptors (Lipinski definition) is 4. The molecule has 1 saturated heterocycles. The third kappa shape index (κ3) is 5.66. The van der Waals surface area contributed by atoms with E-state index in [0.29, 0.717) is 6.42 Å². The van der Waals surface area contributed by atoms with E-state index in [1.807, 2.05) is 63.3 Å². The Labute approximate surface area is 215 Å². The highest BCUT2D eigenvalue weighted by atomic mass is 16.3. The average Bonchev–Trinajstić information content (AvgIpc) is 3.09. The van der Waals surface area contributed by atoms with Crippen molar-refractivity contribution in [1.82, 2.24) is 15.5 Å². The van der Waals surface area contributed by atoms with Crippen molar-refractivity contribution in [3.63, 3.8) is 0 Å². The lowest BCUT2D eigenvalue weighted by molar-refractivity contribution is -0.143. The Hall–Kier alpha value is -2.67. The number of amides is 3. The number of rotatable bonds is 8. The topological polar surface area (TPSA) is 98.7 Å². The number of carbonyl (C=O) groups is 3. The van der Waals surface area contributed by atoms with Crippen LogP contribution in [0.25, 0.3) is 0 Å². The van der Waals surface area contributed by atoms with Gasteiger partial charge in [-0.15, -0.1) is 0 Å². The molecule has 0 unspecified atom stereocenters. The molecule has 6 atom stereocenters. The molecule has 1 aliphatic carbocycles. The van der Waals surface area contributed by atoms with Crippen LogP contribution in [0.2, 0.25) is 0 Å². The first kappa shape index (κ1) is 27.9. The van der Waals surface area contributed by atoms with Crippen LogP contribution in [0.15, 0.2) is 42.5 Å². The molecular weight excluding hydrogens is 454 g/mol. The average molecular weight is 498 g/mol. The predicted molar refractivity (Wildman–Crippen MR) is 141 cm³/mol. The molecule has 36 heavy (non-hydrogen) atoms. The second-order valence-corrected chi connectivity index (χ2v) is 12.1. The Morgan fingerprint density at radius 2 is 1.69 bits per heavy atom. The summed E-state index contributed by atoms with van der Waals surface area (Å²) in [4.78, 5) is 42.7. The van der Waals surface area contributed by atoms with Crippen LogP contribution < -0.4 is 10.6 Å². The number of nitrogens with zero attached hydrogens (tertiary/aromatic N) is 1. The van der Waals surface area contributed by atoms with Gasteiger partial charge in [-0.2, -0.15) is 0 Å². The van der Waals surface area contributed by atoms with Crippen LogP contribution in [0.5, 0.6) is 0 Å². The van der Waals surface area contributed by atoms with E-state index in [-0.39, 0.29) is 35.7 Å². The molecule has 198 valence electrons. The number of aliphatic hydroxyl groups is 1. The molecule has 0 radical (unpaired) electrons. The second-order valence-electron chi connectivity index (χ2n) is 12.1. The first-order valence-electron chi connectivity index (χ1n) is 13.0. The van der Waals surface area contributed by atoms with Crippen LogP contribution in [-0.2, 0) is 14.4 Å². The quantitative estimate of drug-likeness (QED) is 0.479. The fourth-order valence-electron chi connectivity index (χ4n) is 6.50. The number of benzene rings is 1. The number of fused-ring (bicyclic) bond motifs is 1. The van der Waals surface area contributed by atoms with Crippen molar-refractivity contribution in [3.8, 4) is 0 Å². The highest BCUT2D eigenvalue weighted by molar-refractivity contribution is 5.97. The molecule has 2 aliphatic rings. The van der Waals surface area contributed by atoms with Crippen LogP contribution in [-0.4, -0.2) is 53.0 Å². The number of nitrogens with one attached hydrogen (secondary N) is 2. The van der Waals surface area contributed by atoms with E-state index in [0.717, 1.165) is 12.0 Å². The minimum absolute atomic E-state index is 0.00836. The maximum Gasteiger partial charge on any atom is 0.243 e. The molecule has 3 amide bonds. The maximum atomic E-state index is 14.1. The molecule has 0 saturated carbocycles. The van der Waals surface area contributed by atoms with Crippen molar-refractivity contribution in [2.24, 2.45) is 29.1 Å². The molecule has 3 rings (SSSR count). The summed E-state index contributed by atoms with van der Waals surface area (Å²) >= 11 is 0. The summed E-state index contributed by atoms with van der Waals surface area (Å²) in [5.74, 6) is -2.50. The van der Waals surface area contributed by atoms with Gasteiger partial charge >= 0.3 is 0 Å². The molecule has 0 aromatic heterocycles. The molecule has 0 spiro atoms. The Balaban J connectivity index is 2.09. The van der Waals surface area contributed by atoms with Gasteiger partial charge in [0.1, 0.15) is 6.04 Å².